The zero-order valence-corrected chi connectivity index (χ0v) is 13.4. The van der Waals surface area contributed by atoms with Crippen molar-refractivity contribution in [3.8, 4) is 5.69 Å². The molecule has 1 heterocycles. The smallest absolute Gasteiger partial charge is 0.0542 e. The van der Waals surface area contributed by atoms with Gasteiger partial charge in [-0.25, -0.2) is 0 Å². The van der Waals surface area contributed by atoms with Crippen molar-refractivity contribution in [2.75, 3.05) is 5.73 Å². The number of hydrogen-bond donors (Lipinski definition) is 1. The summed E-state index contributed by atoms with van der Waals surface area (Å²) < 4.78 is 3.52. The molecule has 0 radical (unpaired) electrons. The molecular weight excluding hydrogens is 371 g/mol. The number of nitrogens with two attached hydrogens (primary N) is 1. The Morgan fingerprint density at radius 1 is 0.762 bits per heavy atom. The number of halogens is 1. The van der Waals surface area contributed by atoms with Crippen LogP contribution in [0, 0.1) is 3.57 Å². The summed E-state index contributed by atoms with van der Waals surface area (Å²) >= 11 is 2.35. The van der Waals surface area contributed by atoms with Crippen molar-refractivity contribution in [3.05, 3.63) is 70.3 Å². The summed E-state index contributed by atoms with van der Waals surface area (Å²) in [6.45, 7) is 0. The third-order valence-electron chi connectivity index (χ3n) is 3.77. The summed E-state index contributed by atoms with van der Waals surface area (Å²) in [6.07, 6.45) is 0. The van der Waals surface area contributed by atoms with Gasteiger partial charge < -0.3 is 10.3 Å². The predicted octanol–water partition coefficient (Wildman–Crippen LogP) is 4.97. The number of benzene rings is 3. The molecule has 2 N–H and O–H groups in total. The van der Waals surface area contributed by atoms with Crippen LogP contribution >= 0.6 is 22.6 Å². The highest BCUT2D eigenvalue weighted by molar-refractivity contribution is 14.1. The Balaban J connectivity index is 2.22. The first-order valence-corrected chi connectivity index (χ1v) is 7.86. The lowest BCUT2D eigenvalue weighted by Gasteiger charge is -2.07. The van der Waals surface area contributed by atoms with Crippen LogP contribution in [0.2, 0.25) is 0 Å². The van der Waals surface area contributed by atoms with Gasteiger partial charge in [-0.3, -0.25) is 0 Å². The van der Waals surface area contributed by atoms with E-state index in [4.69, 9.17) is 5.73 Å². The molecule has 4 aromatic rings. The van der Waals surface area contributed by atoms with Crippen molar-refractivity contribution in [1.29, 1.82) is 0 Å². The molecule has 0 unspecified atom stereocenters. The normalized spacial score (nSPS) is 11.3. The van der Waals surface area contributed by atoms with Gasteiger partial charge in [-0.15, -0.1) is 0 Å². The topological polar surface area (TPSA) is 30.9 Å². The number of anilines is 1. The lowest BCUT2D eigenvalue weighted by Crippen LogP contribution is -1.93. The van der Waals surface area contributed by atoms with E-state index in [0.29, 0.717) is 0 Å². The number of para-hydroxylation sites is 1. The van der Waals surface area contributed by atoms with Gasteiger partial charge in [0, 0.05) is 25.7 Å². The Hall–Kier alpha value is -2.01. The molecule has 0 aliphatic heterocycles. The Kier molecular flexibility index (Phi) is 2.89. The fourth-order valence-electron chi connectivity index (χ4n) is 2.87. The third kappa shape index (κ3) is 2.00. The molecule has 0 fully saturated rings. The minimum atomic E-state index is 0.800. The van der Waals surface area contributed by atoms with Crippen molar-refractivity contribution in [2.45, 2.75) is 0 Å². The highest BCUT2D eigenvalue weighted by atomic mass is 127. The Bertz CT molecular complexity index is 896. The van der Waals surface area contributed by atoms with Gasteiger partial charge in [-0.2, -0.15) is 0 Å². The lowest BCUT2D eigenvalue weighted by molar-refractivity contribution is 1.18. The first kappa shape index (κ1) is 12.7. The van der Waals surface area contributed by atoms with E-state index >= 15 is 0 Å². The SMILES string of the molecule is Nc1ccc2c(c1)c1cc(I)ccc1n2-c1ccccc1. The highest BCUT2D eigenvalue weighted by Crippen LogP contribution is 2.33. The van der Waals surface area contributed by atoms with E-state index in [1.165, 1.54) is 31.1 Å². The van der Waals surface area contributed by atoms with Crippen LogP contribution in [-0.4, -0.2) is 4.57 Å². The van der Waals surface area contributed by atoms with Crippen LogP contribution in [0.5, 0.6) is 0 Å². The van der Waals surface area contributed by atoms with E-state index in [1.54, 1.807) is 0 Å². The van der Waals surface area contributed by atoms with Crippen molar-refractivity contribution in [3.63, 3.8) is 0 Å². The Morgan fingerprint density at radius 3 is 2.19 bits per heavy atom. The van der Waals surface area contributed by atoms with Crippen LogP contribution in [0.3, 0.4) is 0 Å². The second kappa shape index (κ2) is 4.77. The number of rotatable bonds is 1. The molecule has 0 bridgehead atoms. The zero-order valence-electron chi connectivity index (χ0n) is 11.3. The monoisotopic (exact) mass is 384 g/mol. The van der Waals surface area contributed by atoms with Crippen LogP contribution in [0.15, 0.2) is 66.7 Å². The summed E-state index contributed by atoms with van der Waals surface area (Å²) in [5.74, 6) is 0. The predicted molar refractivity (Wildman–Crippen MR) is 97.9 cm³/mol. The number of fused-ring (bicyclic) bond motifs is 3. The molecule has 0 spiro atoms. The van der Waals surface area contributed by atoms with Gasteiger partial charge in [0.2, 0.25) is 0 Å². The molecule has 2 nitrogen and oxygen atoms in total. The van der Waals surface area contributed by atoms with E-state index in [0.717, 1.165) is 5.69 Å². The molecule has 4 rings (SSSR count). The standard InChI is InChI=1S/C18H13IN2/c19-12-6-8-17-15(10-12)16-11-13(20)7-9-18(16)21(17)14-4-2-1-3-5-14/h1-11H,20H2. The maximum atomic E-state index is 5.99. The average Bonchev–Trinajstić information content (AvgIpc) is 2.81. The number of aromatic nitrogens is 1. The van der Waals surface area contributed by atoms with Crippen molar-refractivity contribution in [2.24, 2.45) is 0 Å². The first-order chi connectivity index (χ1) is 10.2. The number of hydrogen-bond acceptors (Lipinski definition) is 1. The van der Waals surface area contributed by atoms with E-state index in [9.17, 15) is 0 Å². The summed E-state index contributed by atoms with van der Waals surface area (Å²) in [5.41, 5.74) is 10.4. The van der Waals surface area contributed by atoms with Crippen LogP contribution in [0.1, 0.15) is 0 Å². The minimum absolute atomic E-state index is 0.800. The second-order valence-corrected chi connectivity index (χ2v) is 6.35. The van der Waals surface area contributed by atoms with E-state index in [-0.39, 0.29) is 0 Å². The minimum Gasteiger partial charge on any atom is -0.399 e. The molecule has 0 amide bonds. The van der Waals surface area contributed by atoms with Gasteiger partial charge >= 0.3 is 0 Å². The fourth-order valence-corrected chi connectivity index (χ4v) is 3.36. The van der Waals surface area contributed by atoms with Gasteiger partial charge in [-0.05, 0) is 71.1 Å². The van der Waals surface area contributed by atoms with E-state index < -0.39 is 0 Å². The summed E-state index contributed by atoms with van der Waals surface area (Å²) in [4.78, 5) is 0. The molecule has 1 aromatic heterocycles. The second-order valence-electron chi connectivity index (χ2n) is 5.11. The molecule has 3 heteroatoms. The molecule has 0 saturated carbocycles. The molecule has 102 valence electrons. The third-order valence-corrected chi connectivity index (χ3v) is 4.44. The van der Waals surface area contributed by atoms with Gasteiger partial charge in [0.25, 0.3) is 0 Å². The zero-order chi connectivity index (χ0) is 14.4. The summed E-state index contributed by atoms with van der Waals surface area (Å²) in [5, 5.41) is 2.44. The summed E-state index contributed by atoms with van der Waals surface area (Å²) in [7, 11) is 0. The van der Waals surface area contributed by atoms with Gasteiger partial charge in [0.05, 0.1) is 11.0 Å². The number of nitrogens with zero attached hydrogens (tertiary/aromatic N) is 1. The average molecular weight is 384 g/mol. The van der Waals surface area contributed by atoms with Crippen molar-refractivity contribution >= 4 is 50.1 Å². The number of nitrogen functional groups attached to an aromatic ring is 1. The van der Waals surface area contributed by atoms with Gasteiger partial charge in [0.15, 0.2) is 0 Å². The Labute approximate surface area is 136 Å². The lowest BCUT2D eigenvalue weighted by atomic mass is 10.1. The Morgan fingerprint density at radius 2 is 1.43 bits per heavy atom. The van der Waals surface area contributed by atoms with Gasteiger partial charge in [-0.1, -0.05) is 18.2 Å². The quantitative estimate of drug-likeness (QED) is 0.365. The van der Waals surface area contributed by atoms with Crippen LogP contribution in [-0.2, 0) is 0 Å². The van der Waals surface area contributed by atoms with Crippen LogP contribution in [0.4, 0.5) is 5.69 Å². The maximum Gasteiger partial charge on any atom is 0.0542 e. The molecule has 0 aliphatic rings. The fraction of sp³-hybridized carbons (Fsp3) is 0. The van der Waals surface area contributed by atoms with E-state index in [1.807, 2.05) is 12.1 Å². The molecule has 3 aromatic carbocycles. The molecule has 0 saturated heterocycles. The molecular formula is C18H13IN2. The molecule has 21 heavy (non-hydrogen) atoms. The maximum absolute atomic E-state index is 5.99. The van der Waals surface area contributed by atoms with Crippen LogP contribution < -0.4 is 5.73 Å². The van der Waals surface area contributed by atoms with Crippen molar-refractivity contribution < 1.29 is 0 Å². The van der Waals surface area contributed by atoms with Crippen LogP contribution in [0.25, 0.3) is 27.5 Å². The van der Waals surface area contributed by atoms with Crippen molar-refractivity contribution in [1.82, 2.24) is 4.57 Å². The molecule has 0 atom stereocenters. The summed E-state index contributed by atoms with van der Waals surface area (Å²) in [6, 6.07) is 23.1. The molecule has 0 aliphatic carbocycles. The van der Waals surface area contributed by atoms with Gasteiger partial charge in [0.1, 0.15) is 0 Å². The largest absolute Gasteiger partial charge is 0.399 e. The first-order valence-electron chi connectivity index (χ1n) is 6.79. The highest BCUT2D eigenvalue weighted by Gasteiger charge is 2.12. The van der Waals surface area contributed by atoms with E-state index in [2.05, 4.69) is 81.8 Å².